The number of imidazole rings is 1. The summed E-state index contributed by atoms with van der Waals surface area (Å²) in [6.07, 6.45) is 0.800. The molecule has 0 saturated heterocycles. The zero-order valence-corrected chi connectivity index (χ0v) is 17.7. The highest BCUT2D eigenvalue weighted by Crippen LogP contribution is 2.21. The molecule has 3 heterocycles. The monoisotopic (exact) mass is 401 g/mol. The molecule has 0 fully saturated rings. The van der Waals surface area contributed by atoms with E-state index < -0.39 is 23.7 Å². The molecule has 0 aliphatic carbocycles. The molecule has 1 amide bonds. The Kier molecular flexibility index (Phi) is 5.20. The van der Waals surface area contributed by atoms with Crippen LogP contribution in [-0.2, 0) is 24.9 Å². The van der Waals surface area contributed by atoms with Crippen molar-refractivity contribution in [2.75, 3.05) is 0 Å². The van der Waals surface area contributed by atoms with Crippen molar-refractivity contribution in [2.24, 2.45) is 18.7 Å². The van der Waals surface area contributed by atoms with Gasteiger partial charge in [-0.3, -0.25) is 14.2 Å². The van der Waals surface area contributed by atoms with Gasteiger partial charge in [-0.1, -0.05) is 13.8 Å². The van der Waals surface area contributed by atoms with Gasteiger partial charge in [-0.05, 0) is 38.7 Å². The number of nitrogens with two attached hydrogens (primary N) is 1. The molecular formula is C19H27N7O3. The average molecular weight is 401 g/mol. The van der Waals surface area contributed by atoms with Gasteiger partial charge in [-0.25, -0.2) is 14.0 Å². The van der Waals surface area contributed by atoms with Crippen LogP contribution < -0.4 is 17.0 Å². The highest BCUT2D eigenvalue weighted by Gasteiger charge is 2.23. The van der Waals surface area contributed by atoms with Crippen molar-refractivity contribution in [3.8, 4) is 5.95 Å². The lowest BCUT2D eigenvalue weighted by Gasteiger charge is -2.12. The standard InChI is InChI=1S/C19H27N7O3/c1-10(2)7-8-24-15-16(21-18(24)26-13(5)11(3)12(4)22-26)23(6)19(29)25(17(15)28)9-14(20)27/h10H,7-9H2,1-6H3,(H2,20,27). The molecule has 0 aliphatic heterocycles. The lowest BCUT2D eigenvalue weighted by atomic mass is 10.1. The van der Waals surface area contributed by atoms with Gasteiger partial charge < -0.3 is 10.3 Å². The van der Waals surface area contributed by atoms with E-state index in [0.717, 1.165) is 27.9 Å². The van der Waals surface area contributed by atoms with Gasteiger partial charge in [0.25, 0.3) is 5.56 Å². The van der Waals surface area contributed by atoms with Gasteiger partial charge in [-0.2, -0.15) is 10.1 Å². The van der Waals surface area contributed by atoms with Crippen LogP contribution in [-0.4, -0.2) is 34.4 Å². The predicted molar refractivity (Wildman–Crippen MR) is 109 cm³/mol. The topological polar surface area (TPSA) is 123 Å². The third-order valence-electron chi connectivity index (χ3n) is 5.30. The first-order chi connectivity index (χ1) is 13.5. The van der Waals surface area contributed by atoms with Crippen molar-refractivity contribution in [2.45, 2.75) is 54.1 Å². The minimum Gasteiger partial charge on any atom is -0.368 e. The predicted octanol–water partition coefficient (Wildman–Crippen LogP) is 0.539. The number of aryl methyl sites for hydroxylation is 3. The second kappa shape index (κ2) is 7.34. The summed E-state index contributed by atoms with van der Waals surface area (Å²) in [4.78, 5) is 41.8. The summed E-state index contributed by atoms with van der Waals surface area (Å²) in [7, 11) is 1.53. The fourth-order valence-corrected chi connectivity index (χ4v) is 3.33. The van der Waals surface area contributed by atoms with E-state index in [1.54, 1.807) is 9.25 Å². The Bertz CT molecular complexity index is 1220. The number of carbonyl (C=O) groups excluding carboxylic acids is 1. The fourth-order valence-electron chi connectivity index (χ4n) is 3.33. The van der Waals surface area contributed by atoms with E-state index in [-0.39, 0.29) is 11.2 Å². The van der Waals surface area contributed by atoms with Crippen molar-refractivity contribution >= 4 is 17.1 Å². The Hall–Kier alpha value is -3.17. The molecule has 0 unspecified atom stereocenters. The van der Waals surface area contributed by atoms with E-state index in [4.69, 9.17) is 5.73 Å². The number of amides is 1. The zero-order valence-electron chi connectivity index (χ0n) is 17.7. The summed E-state index contributed by atoms with van der Waals surface area (Å²) in [5, 5.41) is 4.58. The average Bonchev–Trinajstić information content (AvgIpc) is 3.14. The zero-order chi connectivity index (χ0) is 21.6. The molecule has 0 aromatic carbocycles. The minimum absolute atomic E-state index is 0.254. The molecule has 0 saturated carbocycles. The molecular weight excluding hydrogens is 374 g/mol. The molecule has 29 heavy (non-hydrogen) atoms. The maximum Gasteiger partial charge on any atom is 0.332 e. The molecule has 10 nitrogen and oxygen atoms in total. The summed E-state index contributed by atoms with van der Waals surface area (Å²) in [6, 6.07) is 0. The van der Waals surface area contributed by atoms with E-state index in [1.807, 2.05) is 20.8 Å². The van der Waals surface area contributed by atoms with Gasteiger partial charge in [0.2, 0.25) is 11.9 Å². The van der Waals surface area contributed by atoms with Crippen LogP contribution in [0.2, 0.25) is 0 Å². The molecule has 0 radical (unpaired) electrons. The molecule has 3 rings (SSSR count). The number of aromatic nitrogens is 6. The third kappa shape index (κ3) is 3.39. The first kappa shape index (κ1) is 20.6. The van der Waals surface area contributed by atoms with Crippen LogP contribution in [0.25, 0.3) is 17.1 Å². The molecule has 2 N–H and O–H groups in total. The maximum absolute atomic E-state index is 13.2. The quantitative estimate of drug-likeness (QED) is 0.646. The van der Waals surface area contributed by atoms with Crippen LogP contribution in [0.1, 0.15) is 37.2 Å². The molecule has 0 aliphatic rings. The fraction of sp³-hybridized carbons (Fsp3) is 0.526. The normalized spacial score (nSPS) is 11.7. The first-order valence-electron chi connectivity index (χ1n) is 9.56. The number of primary amides is 1. The van der Waals surface area contributed by atoms with E-state index in [9.17, 15) is 14.4 Å². The van der Waals surface area contributed by atoms with Gasteiger partial charge in [0.1, 0.15) is 6.54 Å². The van der Waals surface area contributed by atoms with Crippen molar-refractivity contribution in [3.05, 3.63) is 37.8 Å². The number of fused-ring (bicyclic) bond motifs is 1. The SMILES string of the molecule is Cc1nn(-c2nc3c(c(=O)n(CC(N)=O)c(=O)n3C)n2CCC(C)C)c(C)c1C. The van der Waals surface area contributed by atoms with E-state index >= 15 is 0 Å². The number of rotatable bonds is 6. The smallest absolute Gasteiger partial charge is 0.332 e. The second-order valence-corrected chi connectivity index (χ2v) is 7.83. The Labute approximate surface area is 167 Å². The minimum atomic E-state index is -0.758. The summed E-state index contributed by atoms with van der Waals surface area (Å²) in [6.45, 7) is 10.0. The van der Waals surface area contributed by atoms with E-state index in [1.165, 1.54) is 11.6 Å². The van der Waals surface area contributed by atoms with E-state index in [2.05, 4.69) is 23.9 Å². The molecule has 156 valence electrons. The Balaban J connectivity index is 2.42. The summed E-state index contributed by atoms with van der Waals surface area (Å²) in [5.41, 5.74) is 7.35. The van der Waals surface area contributed by atoms with Crippen LogP contribution in [0.4, 0.5) is 0 Å². The van der Waals surface area contributed by atoms with Crippen LogP contribution in [0.3, 0.4) is 0 Å². The van der Waals surface area contributed by atoms with Gasteiger partial charge in [0.05, 0.1) is 5.69 Å². The number of nitrogens with zero attached hydrogens (tertiary/aromatic N) is 6. The van der Waals surface area contributed by atoms with Crippen molar-refractivity contribution in [3.63, 3.8) is 0 Å². The molecule has 0 spiro atoms. The molecule has 0 atom stereocenters. The van der Waals surface area contributed by atoms with Crippen molar-refractivity contribution in [1.82, 2.24) is 28.5 Å². The van der Waals surface area contributed by atoms with Crippen LogP contribution in [0, 0.1) is 26.7 Å². The van der Waals surface area contributed by atoms with E-state index in [0.29, 0.717) is 18.4 Å². The van der Waals surface area contributed by atoms with Crippen LogP contribution >= 0.6 is 0 Å². The highest BCUT2D eigenvalue weighted by atomic mass is 16.2. The van der Waals surface area contributed by atoms with Crippen molar-refractivity contribution < 1.29 is 4.79 Å². The Morgan fingerprint density at radius 1 is 1.14 bits per heavy atom. The Morgan fingerprint density at radius 2 is 1.79 bits per heavy atom. The molecule has 3 aromatic rings. The second-order valence-electron chi connectivity index (χ2n) is 7.83. The third-order valence-corrected chi connectivity index (χ3v) is 5.30. The first-order valence-corrected chi connectivity index (χ1v) is 9.56. The van der Waals surface area contributed by atoms with Gasteiger partial charge in [0, 0.05) is 19.3 Å². The van der Waals surface area contributed by atoms with Gasteiger partial charge in [0.15, 0.2) is 11.2 Å². The Morgan fingerprint density at radius 3 is 2.31 bits per heavy atom. The summed E-state index contributed by atoms with van der Waals surface area (Å²) < 4.78 is 5.61. The number of hydrogen-bond acceptors (Lipinski definition) is 5. The molecule has 10 heteroatoms. The number of hydrogen-bond donors (Lipinski definition) is 1. The molecule has 0 bridgehead atoms. The highest BCUT2D eigenvalue weighted by molar-refractivity contribution is 5.75. The lowest BCUT2D eigenvalue weighted by Crippen LogP contribution is -2.42. The largest absolute Gasteiger partial charge is 0.368 e. The lowest BCUT2D eigenvalue weighted by molar-refractivity contribution is -0.118. The molecule has 3 aromatic heterocycles. The van der Waals surface area contributed by atoms with Crippen LogP contribution in [0.15, 0.2) is 9.59 Å². The summed E-state index contributed by atoms with van der Waals surface area (Å²) in [5.74, 6) is 0.104. The van der Waals surface area contributed by atoms with Crippen LogP contribution in [0.5, 0.6) is 0 Å². The van der Waals surface area contributed by atoms with Crippen molar-refractivity contribution in [1.29, 1.82) is 0 Å². The number of carbonyl (C=O) groups is 1. The van der Waals surface area contributed by atoms with Gasteiger partial charge in [-0.15, -0.1) is 0 Å². The summed E-state index contributed by atoms with van der Waals surface area (Å²) >= 11 is 0. The maximum atomic E-state index is 13.2. The van der Waals surface area contributed by atoms with Gasteiger partial charge >= 0.3 is 5.69 Å².